The van der Waals surface area contributed by atoms with E-state index in [-0.39, 0.29) is 17.4 Å². The van der Waals surface area contributed by atoms with Crippen molar-refractivity contribution in [3.63, 3.8) is 0 Å². The predicted molar refractivity (Wildman–Crippen MR) is 105 cm³/mol. The van der Waals surface area contributed by atoms with Gasteiger partial charge in [-0.25, -0.2) is 8.42 Å². The average Bonchev–Trinajstić information content (AvgIpc) is 2.72. The molecule has 150 valence electrons. The van der Waals surface area contributed by atoms with Crippen LogP contribution in [-0.4, -0.2) is 43.3 Å². The molecular formula is C20H25N3O4S. The number of hydrogen-bond donors (Lipinski definition) is 1. The number of nitrogens with zero attached hydrogens (tertiary/aromatic N) is 2. The van der Waals surface area contributed by atoms with Crippen LogP contribution in [0.4, 0.5) is 0 Å². The Morgan fingerprint density at radius 3 is 2.57 bits per heavy atom. The highest BCUT2D eigenvalue weighted by atomic mass is 32.2. The summed E-state index contributed by atoms with van der Waals surface area (Å²) in [7, 11) is -3.48. The summed E-state index contributed by atoms with van der Waals surface area (Å²) in [5.74, 6) is 0.747. The first kappa shape index (κ1) is 20.3. The summed E-state index contributed by atoms with van der Waals surface area (Å²) >= 11 is 0. The molecule has 0 radical (unpaired) electrons. The minimum Gasteiger partial charge on any atom is -0.484 e. The molecule has 0 atom stereocenters. The van der Waals surface area contributed by atoms with Gasteiger partial charge < -0.3 is 10.1 Å². The van der Waals surface area contributed by atoms with E-state index >= 15 is 0 Å². The fourth-order valence-electron chi connectivity index (χ4n) is 2.99. The van der Waals surface area contributed by atoms with E-state index in [0.717, 1.165) is 18.4 Å². The number of hydrogen-bond acceptors (Lipinski definition) is 5. The van der Waals surface area contributed by atoms with Gasteiger partial charge in [0.1, 0.15) is 5.75 Å². The van der Waals surface area contributed by atoms with Gasteiger partial charge in [0.2, 0.25) is 10.0 Å². The molecule has 2 heterocycles. The van der Waals surface area contributed by atoms with Crippen molar-refractivity contribution in [2.45, 2.75) is 31.2 Å². The van der Waals surface area contributed by atoms with Gasteiger partial charge in [0.05, 0.1) is 4.90 Å². The first-order chi connectivity index (χ1) is 13.4. The molecule has 28 heavy (non-hydrogen) atoms. The van der Waals surface area contributed by atoms with Crippen LogP contribution < -0.4 is 10.1 Å². The van der Waals surface area contributed by atoms with Crippen LogP contribution in [0.5, 0.6) is 5.75 Å². The zero-order valence-electron chi connectivity index (χ0n) is 15.9. The quantitative estimate of drug-likeness (QED) is 0.766. The van der Waals surface area contributed by atoms with E-state index in [1.54, 1.807) is 30.6 Å². The maximum Gasteiger partial charge on any atom is 0.258 e. The second-order valence-corrected chi connectivity index (χ2v) is 8.92. The number of benzene rings is 1. The highest BCUT2D eigenvalue weighted by Crippen LogP contribution is 2.24. The Kier molecular flexibility index (Phi) is 6.64. The van der Waals surface area contributed by atoms with E-state index in [0.29, 0.717) is 31.3 Å². The van der Waals surface area contributed by atoms with Crippen molar-refractivity contribution < 1.29 is 17.9 Å². The van der Waals surface area contributed by atoms with Crippen molar-refractivity contribution in [3.8, 4) is 5.75 Å². The van der Waals surface area contributed by atoms with Crippen molar-refractivity contribution in [1.29, 1.82) is 0 Å². The van der Waals surface area contributed by atoms with Crippen molar-refractivity contribution >= 4 is 15.9 Å². The zero-order chi connectivity index (χ0) is 20.0. The molecule has 1 amide bonds. The minimum atomic E-state index is -3.48. The van der Waals surface area contributed by atoms with Gasteiger partial charge in [-0.1, -0.05) is 13.0 Å². The monoisotopic (exact) mass is 403 g/mol. The van der Waals surface area contributed by atoms with E-state index in [1.165, 1.54) is 16.4 Å². The van der Waals surface area contributed by atoms with Crippen LogP contribution in [0.2, 0.25) is 0 Å². The zero-order valence-corrected chi connectivity index (χ0v) is 16.7. The van der Waals surface area contributed by atoms with E-state index < -0.39 is 10.0 Å². The summed E-state index contributed by atoms with van der Waals surface area (Å²) in [6.45, 7) is 3.48. The molecule has 2 aromatic rings. The van der Waals surface area contributed by atoms with E-state index in [9.17, 15) is 13.2 Å². The van der Waals surface area contributed by atoms with E-state index in [1.807, 2.05) is 6.07 Å². The van der Waals surface area contributed by atoms with Crippen LogP contribution in [-0.2, 0) is 21.4 Å². The molecule has 1 aromatic carbocycles. The average molecular weight is 404 g/mol. The Labute approximate surface area is 165 Å². The van der Waals surface area contributed by atoms with Gasteiger partial charge >= 0.3 is 0 Å². The van der Waals surface area contributed by atoms with Crippen molar-refractivity contribution in [2.24, 2.45) is 5.92 Å². The van der Waals surface area contributed by atoms with Gasteiger partial charge in [-0.2, -0.15) is 4.31 Å². The lowest BCUT2D eigenvalue weighted by Gasteiger charge is -2.29. The number of sulfonamides is 1. The number of carbonyl (C=O) groups is 1. The largest absolute Gasteiger partial charge is 0.484 e. The number of pyridine rings is 1. The van der Waals surface area contributed by atoms with Crippen LogP contribution >= 0.6 is 0 Å². The highest BCUT2D eigenvalue weighted by molar-refractivity contribution is 7.89. The Morgan fingerprint density at radius 2 is 1.93 bits per heavy atom. The molecule has 0 saturated carbocycles. The number of nitrogens with one attached hydrogen (secondary N) is 1. The lowest BCUT2D eigenvalue weighted by Crippen LogP contribution is -2.37. The maximum atomic E-state index is 12.7. The number of aromatic nitrogens is 1. The molecule has 0 aliphatic carbocycles. The van der Waals surface area contributed by atoms with Gasteiger partial charge in [-0.15, -0.1) is 0 Å². The Balaban J connectivity index is 1.50. The van der Waals surface area contributed by atoms with Gasteiger partial charge in [-0.05, 0) is 54.7 Å². The number of ether oxygens (including phenoxy) is 1. The van der Waals surface area contributed by atoms with Crippen molar-refractivity contribution in [2.75, 3.05) is 19.7 Å². The minimum absolute atomic E-state index is 0.142. The van der Waals surface area contributed by atoms with Crippen molar-refractivity contribution in [3.05, 3.63) is 54.4 Å². The molecule has 3 rings (SSSR count). The normalized spacial score (nSPS) is 15.9. The molecule has 1 N–H and O–H groups in total. The fraction of sp³-hybridized carbons (Fsp3) is 0.400. The highest BCUT2D eigenvalue weighted by Gasteiger charge is 2.27. The van der Waals surface area contributed by atoms with Gasteiger partial charge in [0, 0.05) is 32.0 Å². The van der Waals surface area contributed by atoms with Crippen LogP contribution in [0, 0.1) is 5.92 Å². The van der Waals surface area contributed by atoms with Gasteiger partial charge in [0.25, 0.3) is 5.91 Å². The molecule has 0 spiro atoms. The Morgan fingerprint density at radius 1 is 1.21 bits per heavy atom. The smallest absolute Gasteiger partial charge is 0.258 e. The molecule has 1 saturated heterocycles. The van der Waals surface area contributed by atoms with Gasteiger partial charge in [0.15, 0.2) is 6.61 Å². The summed E-state index contributed by atoms with van der Waals surface area (Å²) in [6, 6.07) is 9.88. The van der Waals surface area contributed by atoms with Crippen LogP contribution in [0.1, 0.15) is 25.3 Å². The third-order valence-corrected chi connectivity index (χ3v) is 6.70. The molecule has 1 fully saturated rings. The van der Waals surface area contributed by atoms with Crippen LogP contribution in [0.25, 0.3) is 0 Å². The van der Waals surface area contributed by atoms with E-state index in [2.05, 4.69) is 17.2 Å². The summed E-state index contributed by atoms with van der Waals surface area (Å²) in [6.07, 6.45) is 5.12. The third kappa shape index (κ3) is 5.30. The number of carbonyl (C=O) groups excluding carboxylic acids is 1. The number of piperidine rings is 1. The molecule has 1 aliphatic heterocycles. The standard InChI is InChI=1S/C20H25N3O4S/c1-16-8-11-23(12-9-16)28(25,26)19-6-4-18(5-7-19)27-15-20(24)22-14-17-3-2-10-21-13-17/h2-7,10,13,16H,8-9,11-12,14-15H2,1H3,(H,22,24). The summed E-state index contributed by atoms with van der Waals surface area (Å²) in [5.41, 5.74) is 0.900. The maximum absolute atomic E-state index is 12.7. The molecule has 1 aromatic heterocycles. The topological polar surface area (TPSA) is 88.6 Å². The first-order valence-corrected chi connectivity index (χ1v) is 10.8. The van der Waals surface area contributed by atoms with Crippen LogP contribution in [0.15, 0.2) is 53.7 Å². The molecule has 7 nitrogen and oxygen atoms in total. The first-order valence-electron chi connectivity index (χ1n) is 9.34. The lowest BCUT2D eigenvalue weighted by molar-refractivity contribution is -0.123. The van der Waals surface area contributed by atoms with Gasteiger partial charge in [-0.3, -0.25) is 9.78 Å². The molecule has 0 unspecified atom stereocenters. The third-order valence-electron chi connectivity index (χ3n) is 4.79. The summed E-state index contributed by atoms with van der Waals surface area (Å²) in [5, 5.41) is 2.74. The second-order valence-electron chi connectivity index (χ2n) is 6.98. The number of rotatable bonds is 7. The lowest BCUT2D eigenvalue weighted by atomic mass is 10.0. The molecule has 1 aliphatic rings. The fourth-order valence-corrected chi connectivity index (χ4v) is 4.46. The predicted octanol–water partition coefficient (Wildman–Crippen LogP) is 2.20. The molecule has 0 bridgehead atoms. The number of amides is 1. The summed E-state index contributed by atoms with van der Waals surface area (Å²) in [4.78, 5) is 16.1. The molecule has 8 heteroatoms. The SMILES string of the molecule is CC1CCN(S(=O)(=O)c2ccc(OCC(=O)NCc3cccnc3)cc2)CC1. The van der Waals surface area contributed by atoms with E-state index in [4.69, 9.17) is 4.74 Å². The second kappa shape index (κ2) is 9.16. The Bertz CT molecular complexity index is 877. The molecular weight excluding hydrogens is 378 g/mol. The Hall–Kier alpha value is -2.45. The van der Waals surface area contributed by atoms with Crippen LogP contribution in [0.3, 0.4) is 0 Å². The summed E-state index contributed by atoms with van der Waals surface area (Å²) < 4.78 is 32.4. The van der Waals surface area contributed by atoms with Crippen molar-refractivity contribution in [1.82, 2.24) is 14.6 Å².